The number of halogens is 1. The number of carbonyl (C=O) groups excluding carboxylic acids is 2. The maximum atomic E-state index is 12.3. The number of anilines is 1. The van der Waals surface area contributed by atoms with Gasteiger partial charge < -0.3 is 14.8 Å². The van der Waals surface area contributed by atoms with Gasteiger partial charge in [-0.3, -0.25) is 4.79 Å². The molecule has 8 nitrogen and oxygen atoms in total. The fourth-order valence-electron chi connectivity index (χ4n) is 2.48. The van der Waals surface area contributed by atoms with Crippen molar-refractivity contribution in [2.75, 3.05) is 19.0 Å². The van der Waals surface area contributed by atoms with Gasteiger partial charge in [0.2, 0.25) is 10.0 Å². The first kappa shape index (κ1) is 21.7. The molecule has 2 aromatic rings. The van der Waals surface area contributed by atoms with Crippen LogP contribution in [0.25, 0.3) is 0 Å². The minimum atomic E-state index is -4.03. The molecule has 0 atom stereocenters. The number of rotatable bonds is 6. The van der Waals surface area contributed by atoms with Gasteiger partial charge in [0.15, 0.2) is 6.61 Å². The summed E-state index contributed by atoms with van der Waals surface area (Å²) in [5.41, 5.74) is 1.94. The van der Waals surface area contributed by atoms with Crippen LogP contribution < -0.4 is 15.2 Å². The van der Waals surface area contributed by atoms with Crippen molar-refractivity contribution in [3.63, 3.8) is 0 Å². The summed E-state index contributed by atoms with van der Waals surface area (Å²) < 4.78 is 32.9. The summed E-state index contributed by atoms with van der Waals surface area (Å²) in [4.78, 5) is 24.1. The zero-order valence-corrected chi connectivity index (χ0v) is 17.0. The molecule has 0 heterocycles. The number of hydrogen-bond acceptors (Lipinski definition) is 6. The summed E-state index contributed by atoms with van der Waals surface area (Å²) in [7, 11) is -2.72. The summed E-state index contributed by atoms with van der Waals surface area (Å²) in [6.45, 7) is 3.05. The van der Waals surface area contributed by atoms with Crippen LogP contribution in [-0.2, 0) is 19.6 Å². The Morgan fingerprint density at radius 1 is 1.18 bits per heavy atom. The lowest BCUT2D eigenvalue weighted by Crippen LogP contribution is -2.22. The third-order valence-electron chi connectivity index (χ3n) is 3.75. The highest BCUT2D eigenvalue weighted by Gasteiger charge is 2.20. The largest absolute Gasteiger partial charge is 0.496 e. The number of sulfonamides is 1. The van der Waals surface area contributed by atoms with Crippen molar-refractivity contribution in [1.82, 2.24) is 0 Å². The third kappa shape index (κ3) is 5.22. The van der Waals surface area contributed by atoms with Gasteiger partial charge in [-0.1, -0.05) is 17.7 Å². The number of hydrogen-bond donors (Lipinski definition) is 2. The second kappa shape index (κ2) is 8.59. The van der Waals surface area contributed by atoms with Crippen molar-refractivity contribution in [1.29, 1.82) is 0 Å². The summed E-state index contributed by atoms with van der Waals surface area (Å²) in [6, 6.07) is 7.03. The zero-order valence-electron chi connectivity index (χ0n) is 15.4. The Labute approximate surface area is 167 Å². The molecule has 1 amide bonds. The van der Waals surface area contributed by atoms with Crippen LogP contribution in [0.5, 0.6) is 5.75 Å². The number of aryl methyl sites for hydroxylation is 2. The number of amides is 1. The fourth-order valence-corrected chi connectivity index (χ4v) is 3.39. The molecule has 150 valence electrons. The maximum Gasteiger partial charge on any atom is 0.342 e. The lowest BCUT2D eigenvalue weighted by atomic mass is 10.1. The van der Waals surface area contributed by atoms with Gasteiger partial charge in [0.25, 0.3) is 5.91 Å². The Kier molecular flexibility index (Phi) is 6.65. The Bertz CT molecular complexity index is 1010. The maximum absolute atomic E-state index is 12.3. The van der Waals surface area contributed by atoms with E-state index in [1.54, 1.807) is 13.0 Å². The van der Waals surface area contributed by atoms with E-state index in [0.717, 1.165) is 17.2 Å². The minimum Gasteiger partial charge on any atom is -0.496 e. The van der Waals surface area contributed by atoms with E-state index in [1.807, 2.05) is 13.0 Å². The molecular weight excluding hydrogens is 408 g/mol. The summed E-state index contributed by atoms with van der Waals surface area (Å²) in [6.07, 6.45) is 0. The molecule has 0 fully saturated rings. The molecule has 3 N–H and O–H groups in total. The van der Waals surface area contributed by atoms with Gasteiger partial charge >= 0.3 is 5.97 Å². The van der Waals surface area contributed by atoms with Crippen LogP contribution in [0.2, 0.25) is 5.02 Å². The molecule has 0 bridgehead atoms. The molecule has 10 heteroatoms. The number of nitrogens with one attached hydrogen (secondary N) is 1. The molecule has 2 rings (SSSR count). The van der Waals surface area contributed by atoms with Gasteiger partial charge in [0.1, 0.15) is 11.3 Å². The average molecular weight is 427 g/mol. The standard InChI is InChI=1S/C18H19ClN2O6S/c1-10-6-11(2)17(14(19)7-10)21-16(22)9-27-18(23)13-8-12(28(20,24)25)4-5-15(13)26-3/h4-8H,9H2,1-3H3,(H,21,22)(H2,20,24,25). The lowest BCUT2D eigenvalue weighted by molar-refractivity contribution is -0.119. The van der Waals surface area contributed by atoms with E-state index in [2.05, 4.69) is 5.32 Å². The molecule has 0 unspecified atom stereocenters. The van der Waals surface area contributed by atoms with Gasteiger partial charge in [0.05, 0.1) is 22.7 Å². The molecule has 2 aromatic carbocycles. The van der Waals surface area contributed by atoms with Crippen LogP contribution in [-0.4, -0.2) is 34.0 Å². The predicted octanol–water partition coefficient (Wildman–Crippen LogP) is 2.41. The molecule has 0 spiro atoms. The summed E-state index contributed by atoms with van der Waals surface area (Å²) in [5, 5.41) is 8.01. The highest BCUT2D eigenvalue weighted by Crippen LogP contribution is 2.27. The first-order chi connectivity index (χ1) is 13.0. The van der Waals surface area contributed by atoms with Gasteiger partial charge in [-0.15, -0.1) is 0 Å². The van der Waals surface area contributed by atoms with Crippen LogP contribution in [0.3, 0.4) is 0 Å². The Balaban J connectivity index is 2.13. The van der Waals surface area contributed by atoms with Crippen molar-refractivity contribution in [3.05, 3.63) is 52.0 Å². The van der Waals surface area contributed by atoms with Gasteiger partial charge in [-0.05, 0) is 49.2 Å². The first-order valence-corrected chi connectivity index (χ1v) is 9.90. The number of carbonyl (C=O) groups is 2. The molecule has 0 aliphatic heterocycles. The number of ether oxygens (including phenoxy) is 2. The summed E-state index contributed by atoms with van der Waals surface area (Å²) in [5.74, 6) is -1.47. The summed E-state index contributed by atoms with van der Waals surface area (Å²) >= 11 is 6.13. The third-order valence-corrected chi connectivity index (χ3v) is 4.96. The highest BCUT2D eigenvalue weighted by atomic mass is 35.5. The Morgan fingerprint density at radius 3 is 2.43 bits per heavy atom. The monoisotopic (exact) mass is 426 g/mol. The van der Waals surface area contributed by atoms with E-state index in [1.165, 1.54) is 19.2 Å². The molecule has 0 aliphatic carbocycles. The normalized spacial score (nSPS) is 11.0. The van der Waals surface area contributed by atoms with E-state index >= 15 is 0 Å². The first-order valence-electron chi connectivity index (χ1n) is 7.97. The molecule has 0 saturated heterocycles. The van der Waals surface area contributed by atoms with E-state index in [4.69, 9.17) is 26.2 Å². The van der Waals surface area contributed by atoms with Gasteiger partial charge in [-0.25, -0.2) is 18.4 Å². The lowest BCUT2D eigenvalue weighted by Gasteiger charge is -2.13. The van der Waals surface area contributed by atoms with Crippen molar-refractivity contribution >= 4 is 39.2 Å². The molecule has 0 aromatic heterocycles. The molecule has 0 aliphatic rings. The van der Waals surface area contributed by atoms with Crippen LogP contribution in [0.4, 0.5) is 5.69 Å². The Hall–Kier alpha value is -2.62. The second-order valence-corrected chi connectivity index (χ2v) is 7.94. The highest BCUT2D eigenvalue weighted by molar-refractivity contribution is 7.89. The Morgan fingerprint density at radius 2 is 1.86 bits per heavy atom. The predicted molar refractivity (Wildman–Crippen MR) is 104 cm³/mol. The van der Waals surface area contributed by atoms with Crippen molar-refractivity contribution in [2.45, 2.75) is 18.7 Å². The van der Waals surface area contributed by atoms with E-state index < -0.39 is 28.5 Å². The quantitative estimate of drug-likeness (QED) is 0.683. The fraction of sp³-hybridized carbons (Fsp3) is 0.222. The van der Waals surface area contributed by atoms with E-state index in [0.29, 0.717) is 10.7 Å². The van der Waals surface area contributed by atoms with Crippen LogP contribution in [0, 0.1) is 13.8 Å². The van der Waals surface area contributed by atoms with Gasteiger partial charge in [-0.2, -0.15) is 0 Å². The van der Waals surface area contributed by atoms with Crippen molar-refractivity contribution in [2.24, 2.45) is 5.14 Å². The number of methoxy groups -OCH3 is 1. The molecule has 0 saturated carbocycles. The average Bonchev–Trinajstić information content (AvgIpc) is 2.61. The van der Waals surface area contributed by atoms with E-state index in [-0.39, 0.29) is 16.2 Å². The smallest absolute Gasteiger partial charge is 0.342 e. The zero-order chi connectivity index (χ0) is 21.1. The number of esters is 1. The molecule has 0 radical (unpaired) electrons. The van der Waals surface area contributed by atoms with Crippen LogP contribution in [0.1, 0.15) is 21.5 Å². The van der Waals surface area contributed by atoms with Crippen molar-refractivity contribution < 1.29 is 27.5 Å². The van der Waals surface area contributed by atoms with Crippen LogP contribution >= 0.6 is 11.6 Å². The molecular formula is C18H19ClN2O6S. The van der Waals surface area contributed by atoms with Crippen LogP contribution in [0.15, 0.2) is 35.2 Å². The number of primary sulfonamides is 1. The SMILES string of the molecule is COc1ccc(S(N)(=O)=O)cc1C(=O)OCC(=O)Nc1c(C)cc(C)cc1Cl. The van der Waals surface area contributed by atoms with Gasteiger partial charge in [0, 0.05) is 0 Å². The number of nitrogens with two attached hydrogens (primary N) is 1. The van der Waals surface area contributed by atoms with E-state index in [9.17, 15) is 18.0 Å². The minimum absolute atomic E-state index is 0.0789. The molecule has 28 heavy (non-hydrogen) atoms. The second-order valence-electron chi connectivity index (χ2n) is 5.97. The topological polar surface area (TPSA) is 125 Å². The number of benzene rings is 2. The van der Waals surface area contributed by atoms with Crippen molar-refractivity contribution in [3.8, 4) is 5.75 Å².